The molecule has 0 spiro atoms. The number of nitrogens with one attached hydrogen (secondary N) is 1. The van der Waals surface area contributed by atoms with Gasteiger partial charge in [0.25, 0.3) is 5.91 Å². The average molecular weight is 394 g/mol. The first-order chi connectivity index (χ1) is 12.4. The molecule has 6 nitrogen and oxygen atoms in total. The molecule has 3 rings (SSSR count). The van der Waals surface area contributed by atoms with E-state index in [2.05, 4.69) is 10.3 Å². The lowest BCUT2D eigenvalue weighted by molar-refractivity contribution is 0.0950. The molecule has 0 radical (unpaired) electrons. The molecule has 0 bridgehead atoms. The van der Waals surface area contributed by atoms with Crippen LogP contribution in [0.4, 0.5) is 5.82 Å². The molecule has 1 atom stereocenters. The molecule has 8 heteroatoms. The Morgan fingerprint density at radius 3 is 2.69 bits per heavy atom. The van der Waals surface area contributed by atoms with E-state index in [1.165, 1.54) is 6.20 Å². The van der Waals surface area contributed by atoms with Crippen molar-refractivity contribution in [2.45, 2.75) is 19.0 Å². The summed E-state index contributed by atoms with van der Waals surface area (Å²) in [6, 6.07) is 10.7. The number of carbonyl (C=O) groups excluding carboxylic acids is 1. The Labute approximate surface area is 158 Å². The number of amides is 1. The number of benzene rings is 1. The van der Waals surface area contributed by atoms with Gasteiger partial charge in [0.15, 0.2) is 9.84 Å². The molecule has 2 heterocycles. The minimum absolute atomic E-state index is 0.0765. The van der Waals surface area contributed by atoms with E-state index in [0.717, 1.165) is 5.56 Å². The average Bonchev–Trinajstić information content (AvgIpc) is 3.00. The van der Waals surface area contributed by atoms with Crippen molar-refractivity contribution in [1.82, 2.24) is 10.3 Å². The summed E-state index contributed by atoms with van der Waals surface area (Å²) in [6.45, 7) is 0.333. The quantitative estimate of drug-likeness (QED) is 0.843. The second kappa shape index (κ2) is 7.63. The number of aromatic nitrogens is 1. The summed E-state index contributed by atoms with van der Waals surface area (Å²) in [5.41, 5.74) is 1.28. The standard InChI is InChI=1S/C18H20ClN3O3S/c1-22(15-8-9-26(24,25)12-15)17-7-6-14(11-20-17)18(23)21-10-13-4-2-3-5-16(13)19/h2-7,11,15H,8-10,12H2,1H3,(H,21,23). The van der Waals surface area contributed by atoms with E-state index >= 15 is 0 Å². The van der Waals surface area contributed by atoms with Gasteiger partial charge in [-0.2, -0.15) is 0 Å². The maximum Gasteiger partial charge on any atom is 0.253 e. The Morgan fingerprint density at radius 2 is 2.08 bits per heavy atom. The van der Waals surface area contributed by atoms with Gasteiger partial charge in [0.2, 0.25) is 0 Å². The highest BCUT2D eigenvalue weighted by Gasteiger charge is 2.31. The molecule has 1 aromatic carbocycles. The van der Waals surface area contributed by atoms with Crippen molar-refractivity contribution in [3.63, 3.8) is 0 Å². The van der Waals surface area contributed by atoms with Crippen LogP contribution in [0.1, 0.15) is 22.3 Å². The lowest BCUT2D eigenvalue weighted by Gasteiger charge is -2.24. The number of rotatable bonds is 5. The molecule has 1 aromatic heterocycles. The van der Waals surface area contributed by atoms with E-state index in [9.17, 15) is 13.2 Å². The van der Waals surface area contributed by atoms with Gasteiger partial charge in [-0.1, -0.05) is 29.8 Å². The van der Waals surface area contributed by atoms with Crippen molar-refractivity contribution in [2.24, 2.45) is 0 Å². The van der Waals surface area contributed by atoms with Gasteiger partial charge in [-0.25, -0.2) is 13.4 Å². The van der Waals surface area contributed by atoms with Gasteiger partial charge in [0, 0.05) is 30.9 Å². The highest BCUT2D eigenvalue weighted by molar-refractivity contribution is 7.91. The van der Waals surface area contributed by atoms with E-state index in [-0.39, 0.29) is 23.5 Å². The molecule has 1 aliphatic rings. The summed E-state index contributed by atoms with van der Waals surface area (Å²) in [7, 11) is -1.13. The Bertz CT molecular complexity index is 900. The number of hydrogen-bond acceptors (Lipinski definition) is 5. The topological polar surface area (TPSA) is 79.4 Å². The summed E-state index contributed by atoms with van der Waals surface area (Å²) < 4.78 is 23.2. The second-order valence-corrected chi connectivity index (χ2v) is 8.98. The molecule has 1 aliphatic heterocycles. The van der Waals surface area contributed by atoms with Crippen LogP contribution in [0, 0.1) is 0 Å². The third-order valence-electron chi connectivity index (χ3n) is 4.52. The van der Waals surface area contributed by atoms with Gasteiger partial charge in [-0.05, 0) is 30.2 Å². The molecular formula is C18H20ClN3O3S. The fourth-order valence-electron chi connectivity index (χ4n) is 2.92. The first-order valence-electron chi connectivity index (χ1n) is 8.26. The van der Waals surface area contributed by atoms with Gasteiger partial charge >= 0.3 is 0 Å². The van der Waals surface area contributed by atoms with Gasteiger partial charge < -0.3 is 10.2 Å². The number of anilines is 1. The first kappa shape index (κ1) is 18.7. The SMILES string of the molecule is CN(c1ccc(C(=O)NCc2ccccc2Cl)cn1)C1CCS(=O)(=O)C1. The zero-order chi connectivity index (χ0) is 18.7. The molecule has 1 N–H and O–H groups in total. The monoisotopic (exact) mass is 393 g/mol. The Balaban J connectivity index is 1.62. The number of sulfone groups is 1. The summed E-state index contributed by atoms with van der Waals surface area (Å²) in [6.07, 6.45) is 2.10. The van der Waals surface area contributed by atoms with Crippen LogP contribution in [0.15, 0.2) is 42.6 Å². The zero-order valence-corrected chi connectivity index (χ0v) is 15.9. The summed E-state index contributed by atoms with van der Waals surface area (Å²) in [4.78, 5) is 18.4. The third-order valence-corrected chi connectivity index (χ3v) is 6.64. The lowest BCUT2D eigenvalue weighted by atomic mass is 10.2. The van der Waals surface area contributed by atoms with Crippen molar-refractivity contribution in [3.8, 4) is 0 Å². The molecule has 138 valence electrons. The lowest BCUT2D eigenvalue weighted by Crippen LogP contribution is -2.33. The number of carbonyl (C=O) groups is 1. The molecule has 0 aliphatic carbocycles. The van der Waals surface area contributed by atoms with E-state index in [4.69, 9.17) is 11.6 Å². The Kier molecular flexibility index (Phi) is 5.48. The predicted octanol–water partition coefficient (Wildman–Crippen LogP) is 2.29. The van der Waals surface area contributed by atoms with Crippen LogP contribution in [0.3, 0.4) is 0 Å². The van der Waals surface area contributed by atoms with E-state index in [0.29, 0.717) is 29.4 Å². The predicted molar refractivity (Wildman–Crippen MR) is 102 cm³/mol. The molecule has 0 saturated carbocycles. The minimum atomic E-state index is -2.95. The number of halogens is 1. The summed E-state index contributed by atoms with van der Waals surface area (Å²) in [5, 5.41) is 3.42. The molecule has 26 heavy (non-hydrogen) atoms. The van der Waals surface area contributed by atoms with Crippen molar-refractivity contribution in [3.05, 3.63) is 58.7 Å². The number of pyridine rings is 1. The normalized spacial score (nSPS) is 18.5. The Hall–Kier alpha value is -2.12. The summed E-state index contributed by atoms with van der Waals surface area (Å²) >= 11 is 6.08. The van der Waals surface area contributed by atoms with Crippen LogP contribution < -0.4 is 10.2 Å². The first-order valence-corrected chi connectivity index (χ1v) is 10.5. The highest BCUT2D eigenvalue weighted by Crippen LogP contribution is 2.21. The molecule has 2 aromatic rings. The molecule has 1 fully saturated rings. The molecule has 1 unspecified atom stereocenters. The minimum Gasteiger partial charge on any atom is -0.356 e. The second-order valence-electron chi connectivity index (χ2n) is 6.35. The van der Waals surface area contributed by atoms with Crippen LogP contribution in [0.5, 0.6) is 0 Å². The fraction of sp³-hybridized carbons (Fsp3) is 0.333. The summed E-state index contributed by atoms with van der Waals surface area (Å²) in [5.74, 6) is 0.764. The van der Waals surface area contributed by atoms with Crippen LogP contribution >= 0.6 is 11.6 Å². The number of nitrogens with zero attached hydrogens (tertiary/aromatic N) is 2. The van der Waals surface area contributed by atoms with Gasteiger partial charge in [0.1, 0.15) is 5.82 Å². The smallest absolute Gasteiger partial charge is 0.253 e. The van der Waals surface area contributed by atoms with Gasteiger partial charge in [-0.15, -0.1) is 0 Å². The van der Waals surface area contributed by atoms with Crippen molar-refractivity contribution in [2.75, 3.05) is 23.5 Å². The maximum absolute atomic E-state index is 12.3. The maximum atomic E-state index is 12.3. The highest BCUT2D eigenvalue weighted by atomic mass is 35.5. The van der Waals surface area contributed by atoms with Gasteiger partial charge in [-0.3, -0.25) is 4.79 Å². The number of hydrogen-bond donors (Lipinski definition) is 1. The third kappa shape index (κ3) is 4.34. The van der Waals surface area contributed by atoms with Gasteiger partial charge in [0.05, 0.1) is 17.1 Å². The molecule has 1 amide bonds. The largest absolute Gasteiger partial charge is 0.356 e. The van der Waals surface area contributed by atoms with E-state index < -0.39 is 9.84 Å². The Morgan fingerprint density at radius 1 is 1.31 bits per heavy atom. The van der Waals surface area contributed by atoms with Crippen molar-refractivity contribution >= 4 is 33.2 Å². The van der Waals surface area contributed by atoms with Crippen LogP contribution in [-0.2, 0) is 16.4 Å². The van der Waals surface area contributed by atoms with E-state index in [1.807, 2.05) is 30.1 Å². The van der Waals surface area contributed by atoms with E-state index in [1.54, 1.807) is 18.2 Å². The van der Waals surface area contributed by atoms with Crippen LogP contribution in [-0.4, -0.2) is 43.9 Å². The molecular weight excluding hydrogens is 374 g/mol. The van der Waals surface area contributed by atoms with Crippen molar-refractivity contribution in [1.29, 1.82) is 0 Å². The fourth-order valence-corrected chi connectivity index (χ4v) is 4.89. The zero-order valence-electron chi connectivity index (χ0n) is 14.4. The molecule has 1 saturated heterocycles. The van der Waals surface area contributed by atoms with Crippen LogP contribution in [0.25, 0.3) is 0 Å². The van der Waals surface area contributed by atoms with Crippen molar-refractivity contribution < 1.29 is 13.2 Å². The van der Waals surface area contributed by atoms with Crippen LogP contribution in [0.2, 0.25) is 5.02 Å².